The van der Waals surface area contributed by atoms with Gasteiger partial charge in [0, 0.05) is 18.4 Å². The molecule has 4 heteroatoms. The zero-order valence-electron chi connectivity index (χ0n) is 7.96. The van der Waals surface area contributed by atoms with Gasteiger partial charge in [0.1, 0.15) is 6.79 Å². The van der Waals surface area contributed by atoms with Gasteiger partial charge in [-0.05, 0) is 12.5 Å². The minimum atomic E-state index is 0.193. The standard InChI is InChI=1S/C9H15BrO3/c1-11-6-13-9-4-3-7(12-2)5-8(9)10/h3,8-9H,4-6H2,1-2H3/t8-,9?/m1/s1. The highest BCUT2D eigenvalue weighted by Gasteiger charge is 2.24. The molecule has 1 rings (SSSR count). The first-order valence-electron chi connectivity index (χ1n) is 4.25. The highest BCUT2D eigenvalue weighted by atomic mass is 79.9. The van der Waals surface area contributed by atoms with Crippen LogP contribution >= 0.6 is 15.9 Å². The highest BCUT2D eigenvalue weighted by molar-refractivity contribution is 9.09. The van der Waals surface area contributed by atoms with E-state index < -0.39 is 0 Å². The zero-order valence-corrected chi connectivity index (χ0v) is 9.54. The fourth-order valence-electron chi connectivity index (χ4n) is 1.30. The van der Waals surface area contributed by atoms with E-state index in [4.69, 9.17) is 14.2 Å². The van der Waals surface area contributed by atoms with E-state index >= 15 is 0 Å². The third-order valence-electron chi connectivity index (χ3n) is 2.04. The lowest BCUT2D eigenvalue weighted by Gasteiger charge is -2.26. The van der Waals surface area contributed by atoms with Crippen LogP contribution in [0.5, 0.6) is 0 Å². The van der Waals surface area contributed by atoms with Gasteiger partial charge in [0.15, 0.2) is 0 Å². The monoisotopic (exact) mass is 250 g/mol. The van der Waals surface area contributed by atoms with Crippen molar-refractivity contribution in [2.45, 2.75) is 23.8 Å². The Balaban J connectivity index is 2.38. The van der Waals surface area contributed by atoms with Crippen LogP contribution in [0.25, 0.3) is 0 Å². The van der Waals surface area contributed by atoms with Crippen molar-refractivity contribution in [3.05, 3.63) is 11.8 Å². The second kappa shape index (κ2) is 5.62. The van der Waals surface area contributed by atoms with Crippen LogP contribution in [0, 0.1) is 0 Å². The lowest BCUT2D eigenvalue weighted by atomic mass is 10.0. The molecule has 0 aliphatic heterocycles. The van der Waals surface area contributed by atoms with E-state index in [9.17, 15) is 0 Å². The summed E-state index contributed by atoms with van der Waals surface area (Å²) in [6.07, 6.45) is 4.02. The molecule has 0 fully saturated rings. The molecular formula is C9H15BrO3. The van der Waals surface area contributed by atoms with E-state index in [0.717, 1.165) is 18.6 Å². The Morgan fingerprint density at radius 1 is 1.54 bits per heavy atom. The molecule has 0 radical (unpaired) electrons. The summed E-state index contributed by atoms with van der Waals surface area (Å²) in [4.78, 5) is 0.322. The molecule has 13 heavy (non-hydrogen) atoms. The van der Waals surface area contributed by atoms with Gasteiger partial charge in [-0.15, -0.1) is 0 Å². The second-order valence-corrected chi connectivity index (χ2v) is 4.12. The molecule has 0 saturated heterocycles. The van der Waals surface area contributed by atoms with Crippen molar-refractivity contribution in [3.8, 4) is 0 Å². The summed E-state index contributed by atoms with van der Waals surface area (Å²) >= 11 is 3.56. The van der Waals surface area contributed by atoms with Crippen LogP contribution in [-0.4, -0.2) is 31.9 Å². The predicted octanol–water partition coefficient (Wildman–Crippen LogP) is 2.06. The van der Waals surface area contributed by atoms with Crippen LogP contribution in [0.15, 0.2) is 11.8 Å². The maximum atomic E-state index is 5.47. The lowest BCUT2D eigenvalue weighted by molar-refractivity contribution is -0.0725. The maximum Gasteiger partial charge on any atom is 0.146 e. The van der Waals surface area contributed by atoms with Crippen molar-refractivity contribution in [2.24, 2.45) is 0 Å². The Kier molecular flexibility index (Phi) is 4.77. The summed E-state index contributed by atoms with van der Waals surface area (Å²) in [5.74, 6) is 1.03. The molecule has 76 valence electrons. The molecule has 0 aromatic heterocycles. The van der Waals surface area contributed by atoms with Crippen molar-refractivity contribution in [3.63, 3.8) is 0 Å². The zero-order chi connectivity index (χ0) is 9.68. The summed E-state index contributed by atoms with van der Waals surface area (Å²) < 4.78 is 15.5. The Bertz CT molecular complexity index is 182. The number of allylic oxidation sites excluding steroid dienone is 1. The highest BCUT2D eigenvalue weighted by Crippen LogP contribution is 2.27. The first-order valence-corrected chi connectivity index (χ1v) is 5.17. The Morgan fingerprint density at radius 2 is 2.31 bits per heavy atom. The van der Waals surface area contributed by atoms with E-state index in [0.29, 0.717) is 11.6 Å². The minimum Gasteiger partial charge on any atom is -0.501 e. The summed E-state index contributed by atoms with van der Waals surface area (Å²) in [6, 6.07) is 0. The second-order valence-electron chi connectivity index (χ2n) is 2.94. The molecule has 0 heterocycles. The molecule has 0 aromatic rings. The number of ether oxygens (including phenoxy) is 3. The molecule has 1 aliphatic carbocycles. The molecule has 2 atom stereocenters. The Hall–Kier alpha value is -0.0600. The quantitative estimate of drug-likeness (QED) is 0.565. The van der Waals surface area contributed by atoms with Gasteiger partial charge in [-0.25, -0.2) is 0 Å². The molecule has 0 saturated carbocycles. The van der Waals surface area contributed by atoms with E-state index in [-0.39, 0.29) is 6.10 Å². The molecule has 1 aliphatic rings. The first kappa shape index (κ1) is 11.0. The number of hydrogen-bond donors (Lipinski definition) is 0. The topological polar surface area (TPSA) is 27.7 Å². The number of alkyl halides is 1. The first-order chi connectivity index (χ1) is 6.27. The number of halogens is 1. The molecule has 0 amide bonds. The van der Waals surface area contributed by atoms with Crippen LogP contribution in [0.3, 0.4) is 0 Å². The smallest absolute Gasteiger partial charge is 0.146 e. The van der Waals surface area contributed by atoms with Gasteiger partial charge in [-0.1, -0.05) is 15.9 Å². The van der Waals surface area contributed by atoms with Crippen molar-refractivity contribution < 1.29 is 14.2 Å². The summed E-state index contributed by atoms with van der Waals surface area (Å²) in [7, 11) is 3.32. The largest absolute Gasteiger partial charge is 0.501 e. The average molecular weight is 251 g/mol. The van der Waals surface area contributed by atoms with Crippen molar-refractivity contribution in [1.29, 1.82) is 0 Å². The summed E-state index contributed by atoms with van der Waals surface area (Å²) in [6.45, 7) is 0.350. The molecule has 0 aromatic carbocycles. The lowest BCUT2D eigenvalue weighted by Crippen LogP contribution is -2.28. The number of methoxy groups -OCH3 is 2. The van der Waals surface area contributed by atoms with E-state index in [1.807, 2.05) is 0 Å². The Labute approximate surface area is 87.2 Å². The SMILES string of the molecule is COCOC1CC=C(OC)C[C@H]1Br. The maximum absolute atomic E-state index is 5.47. The van der Waals surface area contributed by atoms with Gasteiger partial charge in [-0.3, -0.25) is 0 Å². The summed E-state index contributed by atoms with van der Waals surface area (Å²) in [5.41, 5.74) is 0. The third kappa shape index (κ3) is 3.29. The molecular weight excluding hydrogens is 236 g/mol. The molecule has 1 unspecified atom stereocenters. The van der Waals surface area contributed by atoms with Gasteiger partial charge in [0.05, 0.1) is 19.0 Å². The van der Waals surface area contributed by atoms with E-state index in [1.165, 1.54) is 0 Å². The van der Waals surface area contributed by atoms with E-state index in [1.54, 1.807) is 14.2 Å². The molecule has 0 N–H and O–H groups in total. The number of rotatable bonds is 4. The van der Waals surface area contributed by atoms with E-state index in [2.05, 4.69) is 22.0 Å². The van der Waals surface area contributed by atoms with Crippen molar-refractivity contribution in [2.75, 3.05) is 21.0 Å². The average Bonchev–Trinajstić information content (AvgIpc) is 2.16. The predicted molar refractivity (Wildman–Crippen MR) is 53.8 cm³/mol. The van der Waals surface area contributed by atoms with Gasteiger partial charge in [0.2, 0.25) is 0 Å². The molecule has 0 spiro atoms. The molecule has 3 nitrogen and oxygen atoms in total. The fourth-order valence-corrected chi connectivity index (χ4v) is 1.98. The Morgan fingerprint density at radius 3 is 2.85 bits per heavy atom. The minimum absolute atomic E-state index is 0.193. The fraction of sp³-hybridized carbons (Fsp3) is 0.778. The van der Waals surface area contributed by atoms with Crippen LogP contribution in [-0.2, 0) is 14.2 Å². The van der Waals surface area contributed by atoms with Gasteiger partial charge in [0.25, 0.3) is 0 Å². The van der Waals surface area contributed by atoms with Gasteiger partial charge < -0.3 is 14.2 Å². The van der Waals surface area contributed by atoms with Crippen molar-refractivity contribution in [1.82, 2.24) is 0 Å². The summed E-state index contributed by atoms with van der Waals surface area (Å²) in [5, 5.41) is 0. The van der Waals surface area contributed by atoms with Gasteiger partial charge >= 0.3 is 0 Å². The van der Waals surface area contributed by atoms with Crippen molar-refractivity contribution >= 4 is 15.9 Å². The third-order valence-corrected chi connectivity index (χ3v) is 2.95. The number of hydrogen-bond acceptors (Lipinski definition) is 3. The van der Waals surface area contributed by atoms with Crippen LogP contribution in [0.2, 0.25) is 0 Å². The van der Waals surface area contributed by atoms with Crippen LogP contribution < -0.4 is 0 Å². The molecule has 0 bridgehead atoms. The van der Waals surface area contributed by atoms with Gasteiger partial charge in [-0.2, -0.15) is 0 Å². The normalized spacial score (nSPS) is 28.4. The van der Waals surface area contributed by atoms with Crippen LogP contribution in [0.1, 0.15) is 12.8 Å². The van der Waals surface area contributed by atoms with Crippen LogP contribution in [0.4, 0.5) is 0 Å².